The summed E-state index contributed by atoms with van der Waals surface area (Å²) >= 11 is 0. The first kappa shape index (κ1) is 32.3. The van der Waals surface area contributed by atoms with Gasteiger partial charge in [0, 0.05) is 12.5 Å². The van der Waals surface area contributed by atoms with E-state index in [1.54, 1.807) is 20.8 Å². The summed E-state index contributed by atoms with van der Waals surface area (Å²) < 4.78 is 17.1. The fourth-order valence-corrected chi connectivity index (χ4v) is 5.44. The highest BCUT2D eigenvalue weighted by Crippen LogP contribution is 2.44. The number of ketones is 1. The molecule has 0 saturated carbocycles. The van der Waals surface area contributed by atoms with Crippen molar-refractivity contribution in [1.29, 1.82) is 0 Å². The number of carbonyl (C=O) groups is 4. The topological polar surface area (TPSA) is 111 Å². The first-order valence-electron chi connectivity index (χ1n) is 14.7. The molecule has 1 aliphatic rings. The monoisotopic (exact) mass is 600 g/mol. The summed E-state index contributed by atoms with van der Waals surface area (Å²) in [5, 5.41) is 2.55. The molecule has 1 N–H and O–H groups in total. The lowest BCUT2D eigenvalue weighted by Gasteiger charge is -2.27. The van der Waals surface area contributed by atoms with Crippen molar-refractivity contribution >= 4 is 23.8 Å². The summed E-state index contributed by atoms with van der Waals surface area (Å²) in [6.07, 6.45) is -0.649. The van der Waals surface area contributed by atoms with E-state index in [1.165, 1.54) is 11.8 Å². The third-order valence-electron chi connectivity index (χ3n) is 7.48. The van der Waals surface area contributed by atoms with Crippen LogP contribution in [0.2, 0.25) is 0 Å². The number of Topliss-reactive ketones (excluding diaryl/α,β-unsaturated/α-hetero) is 1. The number of rotatable bonds is 12. The fourth-order valence-electron chi connectivity index (χ4n) is 5.44. The molecular weight excluding hydrogens is 560 g/mol. The number of hydrogen-bond acceptors (Lipinski definition) is 7. The molecule has 0 atom stereocenters. The largest absolute Gasteiger partial charge is 0.476 e. The number of nitrogens with zero attached hydrogens (tertiary/aromatic N) is 1. The van der Waals surface area contributed by atoms with Crippen LogP contribution in [-0.4, -0.2) is 60.6 Å². The molecule has 1 aliphatic carbocycles. The molecule has 0 spiro atoms. The van der Waals surface area contributed by atoms with E-state index in [2.05, 4.69) is 17.4 Å². The minimum atomic E-state index is -1.20. The third-order valence-corrected chi connectivity index (χ3v) is 7.48. The first-order valence-corrected chi connectivity index (χ1v) is 14.7. The summed E-state index contributed by atoms with van der Waals surface area (Å²) in [4.78, 5) is 51.4. The molecular formula is C35H40N2O7. The molecule has 2 amide bonds. The van der Waals surface area contributed by atoms with Gasteiger partial charge in [0.05, 0.1) is 13.2 Å². The van der Waals surface area contributed by atoms with Gasteiger partial charge in [-0.1, -0.05) is 60.7 Å². The summed E-state index contributed by atoms with van der Waals surface area (Å²) in [7, 11) is 0. The lowest BCUT2D eigenvalue weighted by molar-refractivity contribution is -0.158. The summed E-state index contributed by atoms with van der Waals surface area (Å²) in [5.41, 5.74) is 5.45. The molecule has 0 aromatic heterocycles. The molecule has 4 rings (SSSR count). The van der Waals surface area contributed by atoms with Gasteiger partial charge in [0.1, 0.15) is 24.7 Å². The van der Waals surface area contributed by atoms with Crippen molar-refractivity contribution in [3.63, 3.8) is 0 Å². The maximum Gasteiger partial charge on any atom is 0.410 e. The van der Waals surface area contributed by atoms with Crippen molar-refractivity contribution in [3.8, 4) is 16.9 Å². The Labute approximate surface area is 258 Å². The number of fused-ring (bicyclic) bond motifs is 3. The van der Waals surface area contributed by atoms with Crippen molar-refractivity contribution in [3.05, 3.63) is 88.5 Å². The van der Waals surface area contributed by atoms with E-state index in [4.69, 9.17) is 14.2 Å². The number of carbonyl (C=O) groups excluding carboxylic acids is 4. The molecule has 232 valence electrons. The normalized spacial score (nSPS) is 12.1. The Kier molecular flexibility index (Phi) is 10.1. The minimum absolute atomic E-state index is 0.0768. The number of aryl methyl sites for hydroxylation is 2. The molecule has 0 bridgehead atoms. The summed E-state index contributed by atoms with van der Waals surface area (Å²) in [6, 6.07) is 19.8. The number of esters is 1. The van der Waals surface area contributed by atoms with Crippen LogP contribution < -0.4 is 10.1 Å². The fraction of sp³-hybridized carbons (Fsp3) is 0.371. The predicted octanol–water partition coefficient (Wildman–Crippen LogP) is 5.48. The van der Waals surface area contributed by atoms with Crippen LogP contribution in [0.3, 0.4) is 0 Å². The molecule has 44 heavy (non-hydrogen) atoms. The Balaban J connectivity index is 1.54. The van der Waals surface area contributed by atoms with Crippen molar-refractivity contribution < 1.29 is 33.4 Å². The van der Waals surface area contributed by atoms with Crippen LogP contribution in [0.25, 0.3) is 11.1 Å². The van der Waals surface area contributed by atoms with Crippen molar-refractivity contribution in [2.24, 2.45) is 0 Å². The van der Waals surface area contributed by atoms with Gasteiger partial charge >= 0.3 is 12.1 Å². The lowest BCUT2D eigenvalue weighted by atomic mass is 9.98. The number of amides is 2. The van der Waals surface area contributed by atoms with E-state index in [0.29, 0.717) is 5.75 Å². The highest BCUT2D eigenvalue weighted by atomic mass is 16.6. The van der Waals surface area contributed by atoms with Crippen molar-refractivity contribution in [2.75, 3.05) is 26.3 Å². The quantitative estimate of drug-likeness (QED) is 0.274. The Hall–Kier alpha value is -4.66. The number of benzene rings is 3. The highest BCUT2D eigenvalue weighted by molar-refractivity contribution is 5.87. The average Bonchev–Trinajstić information content (AvgIpc) is 3.30. The van der Waals surface area contributed by atoms with Crippen LogP contribution in [0.5, 0.6) is 5.75 Å². The molecule has 9 heteroatoms. The van der Waals surface area contributed by atoms with Crippen LogP contribution in [0.15, 0.2) is 60.7 Å². The molecule has 0 heterocycles. The van der Waals surface area contributed by atoms with Gasteiger partial charge in [0.15, 0.2) is 5.60 Å². The number of hydrogen-bond donors (Lipinski definition) is 1. The van der Waals surface area contributed by atoms with Gasteiger partial charge in [0.25, 0.3) is 0 Å². The second-order valence-corrected chi connectivity index (χ2v) is 11.5. The molecule has 0 aliphatic heterocycles. The van der Waals surface area contributed by atoms with E-state index in [9.17, 15) is 19.2 Å². The van der Waals surface area contributed by atoms with Gasteiger partial charge < -0.3 is 19.5 Å². The van der Waals surface area contributed by atoms with Crippen LogP contribution >= 0.6 is 0 Å². The van der Waals surface area contributed by atoms with Crippen molar-refractivity contribution in [2.45, 2.75) is 59.6 Å². The zero-order valence-electron chi connectivity index (χ0n) is 26.2. The van der Waals surface area contributed by atoms with Gasteiger partial charge in [0.2, 0.25) is 5.91 Å². The maximum atomic E-state index is 13.5. The van der Waals surface area contributed by atoms with Crippen LogP contribution in [-0.2, 0) is 30.4 Å². The first-order chi connectivity index (χ1) is 20.9. The standard InChI is InChI=1S/C35H40N2O7/c1-7-42-33(40)35(5,6)44-32-22(2)16-25(17-23(32)3)19-37(20-31(39)36-18-24(4)38)34(41)43-21-30-28-14-10-8-12-26(28)27-13-9-11-15-29(27)30/h8-17,30H,7,18-21H2,1-6H3,(H,36,39). The molecule has 9 nitrogen and oxygen atoms in total. The Bertz CT molecular complexity index is 1490. The molecule has 0 radical (unpaired) electrons. The van der Waals surface area contributed by atoms with Gasteiger partial charge in [-0.05, 0) is 80.5 Å². The van der Waals surface area contributed by atoms with E-state index in [-0.39, 0.29) is 44.5 Å². The molecule has 0 unspecified atom stereocenters. The second-order valence-electron chi connectivity index (χ2n) is 11.5. The zero-order chi connectivity index (χ0) is 32.0. The smallest absolute Gasteiger partial charge is 0.410 e. The Morgan fingerprint density at radius 2 is 1.45 bits per heavy atom. The Morgan fingerprint density at radius 1 is 0.886 bits per heavy atom. The lowest BCUT2D eigenvalue weighted by Crippen LogP contribution is -2.42. The molecule has 0 fully saturated rings. The second kappa shape index (κ2) is 13.8. The summed E-state index contributed by atoms with van der Waals surface area (Å²) in [6.45, 7) is 10.1. The van der Waals surface area contributed by atoms with Crippen LogP contribution in [0.1, 0.15) is 61.4 Å². The number of nitrogens with one attached hydrogen (secondary N) is 1. The van der Waals surface area contributed by atoms with Gasteiger partial charge in [-0.3, -0.25) is 14.5 Å². The maximum absolute atomic E-state index is 13.5. The van der Waals surface area contributed by atoms with E-state index < -0.39 is 23.6 Å². The molecule has 3 aromatic carbocycles. The van der Waals surface area contributed by atoms with Crippen LogP contribution in [0, 0.1) is 13.8 Å². The predicted molar refractivity (Wildman–Crippen MR) is 166 cm³/mol. The van der Waals surface area contributed by atoms with Crippen molar-refractivity contribution in [1.82, 2.24) is 10.2 Å². The van der Waals surface area contributed by atoms with Gasteiger partial charge in [-0.25, -0.2) is 9.59 Å². The average molecular weight is 601 g/mol. The van der Waals surface area contributed by atoms with E-state index in [0.717, 1.165) is 38.9 Å². The number of ether oxygens (including phenoxy) is 3. The van der Waals surface area contributed by atoms with Gasteiger partial charge in [-0.15, -0.1) is 0 Å². The minimum Gasteiger partial charge on any atom is -0.476 e. The van der Waals surface area contributed by atoms with Crippen LogP contribution in [0.4, 0.5) is 4.79 Å². The highest BCUT2D eigenvalue weighted by Gasteiger charge is 2.33. The van der Waals surface area contributed by atoms with E-state index >= 15 is 0 Å². The third kappa shape index (κ3) is 7.45. The van der Waals surface area contributed by atoms with Gasteiger partial charge in [-0.2, -0.15) is 0 Å². The van der Waals surface area contributed by atoms with E-state index in [1.807, 2.05) is 62.4 Å². The molecule has 3 aromatic rings. The SMILES string of the molecule is CCOC(=O)C(C)(C)Oc1c(C)cc(CN(CC(=O)NCC(C)=O)C(=O)OCC2c3ccccc3-c3ccccc32)cc1C. The Morgan fingerprint density at radius 3 is 2.00 bits per heavy atom. The summed E-state index contributed by atoms with van der Waals surface area (Å²) in [5.74, 6) is -0.736. The molecule has 0 saturated heterocycles. The zero-order valence-corrected chi connectivity index (χ0v) is 26.2.